The Balaban J connectivity index is 1.50. The summed E-state index contributed by atoms with van der Waals surface area (Å²) >= 11 is 0. The van der Waals surface area contributed by atoms with E-state index in [2.05, 4.69) is 60.6 Å². The van der Waals surface area contributed by atoms with Crippen molar-refractivity contribution in [3.8, 4) is 11.6 Å². The van der Waals surface area contributed by atoms with Crippen molar-refractivity contribution >= 4 is 5.91 Å². The molecule has 0 fully saturated rings. The van der Waals surface area contributed by atoms with Crippen LogP contribution in [0.25, 0.3) is 5.69 Å². The zero-order chi connectivity index (χ0) is 21.3. The fourth-order valence-corrected chi connectivity index (χ4v) is 4.09. The second-order valence-electron chi connectivity index (χ2n) is 8.79. The number of ether oxygens (including phenoxy) is 1. The Labute approximate surface area is 176 Å². The van der Waals surface area contributed by atoms with Gasteiger partial charge < -0.3 is 14.6 Å². The van der Waals surface area contributed by atoms with E-state index in [0.29, 0.717) is 24.5 Å². The molecule has 1 atom stereocenters. The van der Waals surface area contributed by atoms with Gasteiger partial charge in [0.05, 0.1) is 30.7 Å². The van der Waals surface area contributed by atoms with Gasteiger partial charge in [0.2, 0.25) is 5.91 Å². The molecule has 2 aromatic heterocycles. The van der Waals surface area contributed by atoms with Crippen LogP contribution in [-0.4, -0.2) is 28.0 Å². The van der Waals surface area contributed by atoms with E-state index in [0.717, 1.165) is 24.1 Å². The number of carbonyl (C=O) groups excluding carboxylic acids is 1. The molecule has 1 amide bonds. The van der Waals surface area contributed by atoms with Crippen LogP contribution >= 0.6 is 0 Å². The zero-order valence-electron chi connectivity index (χ0n) is 17.9. The van der Waals surface area contributed by atoms with Crippen molar-refractivity contribution in [3.05, 3.63) is 59.1 Å². The predicted molar refractivity (Wildman–Crippen MR) is 113 cm³/mol. The number of nitrogens with one attached hydrogen (secondary N) is 1. The summed E-state index contributed by atoms with van der Waals surface area (Å²) in [6.07, 6.45) is 4.50. The Bertz CT molecular complexity index is 1030. The molecule has 7 nitrogen and oxygen atoms in total. The highest BCUT2D eigenvalue weighted by atomic mass is 16.5. The molecule has 30 heavy (non-hydrogen) atoms. The van der Waals surface area contributed by atoms with Gasteiger partial charge >= 0.3 is 0 Å². The van der Waals surface area contributed by atoms with Gasteiger partial charge in [0, 0.05) is 24.5 Å². The molecule has 1 aliphatic rings. The number of aromatic nitrogens is 3. The molecule has 1 N–H and O–H groups in total. The van der Waals surface area contributed by atoms with Gasteiger partial charge in [0.1, 0.15) is 5.76 Å². The topological polar surface area (TPSA) is 82.2 Å². The standard InChI is InChI=1S/C23H28N4O3/c1-15-5-7-16(8-6-15)27-20-13-23(2,3)12-19(18(20)14-24-27)25-21(28)10-9-17-11-22(29-4)26-30-17/h5-8,11,14,19H,9-10,12-13H2,1-4H3,(H,25,28). The summed E-state index contributed by atoms with van der Waals surface area (Å²) in [6.45, 7) is 6.55. The van der Waals surface area contributed by atoms with Crippen LogP contribution in [0.1, 0.15) is 55.3 Å². The first-order valence-electron chi connectivity index (χ1n) is 10.3. The maximum atomic E-state index is 12.7. The number of nitrogens with zero attached hydrogens (tertiary/aromatic N) is 3. The molecule has 1 aliphatic carbocycles. The van der Waals surface area contributed by atoms with Gasteiger partial charge in [-0.1, -0.05) is 31.5 Å². The Morgan fingerprint density at radius 3 is 2.80 bits per heavy atom. The first-order chi connectivity index (χ1) is 14.3. The lowest BCUT2D eigenvalue weighted by Crippen LogP contribution is -2.36. The quantitative estimate of drug-likeness (QED) is 0.668. The summed E-state index contributed by atoms with van der Waals surface area (Å²) < 4.78 is 12.2. The van der Waals surface area contributed by atoms with Crippen LogP contribution in [0.5, 0.6) is 5.88 Å². The van der Waals surface area contributed by atoms with Gasteiger partial charge in [0.25, 0.3) is 5.88 Å². The van der Waals surface area contributed by atoms with Gasteiger partial charge in [-0.3, -0.25) is 4.79 Å². The molecule has 0 bridgehead atoms. The van der Waals surface area contributed by atoms with Crippen LogP contribution in [0.3, 0.4) is 0 Å². The molecule has 0 saturated heterocycles. The van der Waals surface area contributed by atoms with E-state index in [1.165, 1.54) is 18.4 Å². The van der Waals surface area contributed by atoms with E-state index >= 15 is 0 Å². The number of methoxy groups -OCH3 is 1. The Morgan fingerprint density at radius 1 is 1.33 bits per heavy atom. The monoisotopic (exact) mass is 408 g/mol. The van der Waals surface area contributed by atoms with E-state index < -0.39 is 0 Å². The molecule has 1 unspecified atom stereocenters. The molecular weight excluding hydrogens is 380 g/mol. The Kier molecular flexibility index (Phi) is 5.37. The van der Waals surface area contributed by atoms with Crippen molar-refractivity contribution in [2.75, 3.05) is 7.11 Å². The van der Waals surface area contributed by atoms with Crippen molar-refractivity contribution in [2.45, 2.75) is 52.5 Å². The number of benzene rings is 1. The van der Waals surface area contributed by atoms with Gasteiger partial charge in [-0.25, -0.2) is 4.68 Å². The summed E-state index contributed by atoms with van der Waals surface area (Å²) in [5, 5.41) is 11.6. The minimum Gasteiger partial charge on any atom is -0.479 e. The average molecular weight is 409 g/mol. The lowest BCUT2D eigenvalue weighted by atomic mass is 9.74. The van der Waals surface area contributed by atoms with Crippen molar-refractivity contribution in [3.63, 3.8) is 0 Å². The lowest BCUT2D eigenvalue weighted by Gasteiger charge is -2.36. The number of hydrogen-bond acceptors (Lipinski definition) is 5. The van der Waals surface area contributed by atoms with Gasteiger partial charge in [-0.05, 0) is 42.5 Å². The first kappa shape index (κ1) is 20.2. The minimum absolute atomic E-state index is 0.0119. The zero-order valence-corrected chi connectivity index (χ0v) is 17.9. The number of hydrogen-bond donors (Lipinski definition) is 1. The van der Waals surface area contributed by atoms with Crippen molar-refractivity contribution in [1.82, 2.24) is 20.3 Å². The molecule has 2 heterocycles. The number of carbonyl (C=O) groups is 1. The summed E-state index contributed by atoms with van der Waals surface area (Å²) in [6, 6.07) is 10.0. The van der Waals surface area contributed by atoms with E-state index in [1.807, 2.05) is 10.9 Å². The largest absolute Gasteiger partial charge is 0.479 e. The summed E-state index contributed by atoms with van der Waals surface area (Å²) in [5.74, 6) is 1.05. The highest BCUT2D eigenvalue weighted by molar-refractivity contribution is 5.76. The maximum Gasteiger partial charge on any atom is 0.254 e. The van der Waals surface area contributed by atoms with E-state index in [-0.39, 0.29) is 17.4 Å². The van der Waals surface area contributed by atoms with Crippen LogP contribution in [0.4, 0.5) is 0 Å². The minimum atomic E-state index is -0.0558. The van der Waals surface area contributed by atoms with E-state index in [9.17, 15) is 4.79 Å². The van der Waals surface area contributed by atoms with Gasteiger partial charge in [-0.15, -0.1) is 0 Å². The lowest BCUT2D eigenvalue weighted by molar-refractivity contribution is -0.122. The average Bonchev–Trinajstić information content (AvgIpc) is 3.33. The molecule has 0 radical (unpaired) electrons. The fraction of sp³-hybridized carbons (Fsp3) is 0.435. The molecular formula is C23H28N4O3. The number of fused-ring (bicyclic) bond motifs is 1. The van der Waals surface area contributed by atoms with Crippen molar-refractivity contribution in [2.24, 2.45) is 5.41 Å². The normalized spacial score (nSPS) is 17.4. The summed E-state index contributed by atoms with van der Waals surface area (Å²) in [5.41, 5.74) is 4.59. The van der Waals surface area contributed by atoms with Crippen LogP contribution in [-0.2, 0) is 17.6 Å². The first-order valence-corrected chi connectivity index (χ1v) is 10.3. The molecule has 7 heteroatoms. The molecule has 1 aromatic carbocycles. The smallest absolute Gasteiger partial charge is 0.254 e. The van der Waals surface area contributed by atoms with Gasteiger partial charge in [0.15, 0.2) is 0 Å². The second kappa shape index (κ2) is 7.97. The molecule has 0 aliphatic heterocycles. The van der Waals surface area contributed by atoms with Gasteiger partial charge in [-0.2, -0.15) is 5.10 Å². The highest BCUT2D eigenvalue weighted by Crippen LogP contribution is 2.41. The van der Waals surface area contributed by atoms with Crippen LogP contribution in [0, 0.1) is 12.3 Å². The number of aryl methyl sites for hydroxylation is 2. The predicted octanol–water partition coefficient (Wildman–Crippen LogP) is 3.94. The Hall–Kier alpha value is -3.09. The SMILES string of the molecule is COc1cc(CCC(=O)NC2CC(C)(C)Cc3c2cnn3-c2ccc(C)cc2)on1. The Morgan fingerprint density at radius 2 is 2.10 bits per heavy atom. The molecule has 158 valence electrons. The molecule has 0 saturated carbocycles. The van der Waals surface area contributed by atoms with Crippen molar-refractivity contribution < 1.29 is 14.1 Å². The number of amides is 1. The summed E-state index contributed by atoms with van der Waals surface area (Å²) in [7, 11) is 1.54. The third-order valence-electron chi connectivity index (χ3n) is 5.64. The fourth-order valence-electron chi connectivity index (χ4n) is 4.09. The van der Waals surface area contributed by atoms with Crippen LogP contribution in [0.2, 0.25) is 0 Å². The maximum absolute atomic E-state index is 12.7. The number of rotatable bonds is 6. The molecule has 0 spiro atoms. The van der Waals surface area contributed by atoms with Crippen LogP contribution < -0.4 is 10.1 Å². The third kappa shape index (κ3) is 4.25. The van der Waals surface area contributed by atoms with E-state index in [1.54, 1.807) is 6.07 Å². The highest BCUT2D eigenvalue weighted by Gasteiger charge is 2.36. The van der Waals surface area contributed by atoms with E-state index in [4.69, 9.17) is 9.26 Å². The molecule has 3 aromatic rings. The third-order valence-corrected chi connectivity index (χ3v) is 5.64. The second-order valence-corrected chi connectivity index (χ2v) is 8.79. The molecule has 4 rings (SSSR count). The van der Waals surface area contributed by atoms with Crippen molar-refractivity contribution in [1.29, 1.82) is 0 Å². The summed E-state index contributed by atoms with van der Waals surface area (Å²) in [4.78, 5) is 12.7. The van der Waals surface area contributed by atoms with Crippen LogP contribution in [0.15, 0.2) is 41.1 Å².